The van der Waals surface area contributed by atoms with Crippen molar-refractivity contribution in [1.82, 2.24) is 0 Å². The number of ether oxygens (including phenoxy) is 3. The highest BCUT2D eigenvalue weighted by atomic mass is 32.2. The lowest BCUT2D eigenvalue weighted by Crippen LogP contribution is -2.64. The highest BCUT2D eigenvalue weighted by Crippen LogP contribution is 2.71. The second-order valence-corrected chi connectivity index (χ2v) is 13.8. The minimum Gasteiger partial charge on any atom is -0.465 e. The number of alkyl halides is 5. The molecule has 4 saturated carbocycles. The standard InChI is InChI=1S/C24H31F5O6S2/c1-3-18(30)34-11-17-14(10-33-19(31)9-23(27,28)29)12-36-24(37-17)15-4-13-5-16(24)8-22(6-13,7-15)35-20(32)21(2,25)26/h13-17H,3-12H2,1-2H3. The number of esters is 3. The molecule has 4 bridgehead atoms. The van der Waals surface area contributed by atoms with Gasteiger partial charge in [-0.1, -0.05) is 6.92 Å². The van der Waals surface area contributed by atoms with Gasteiger partial charge >= 0.3 is 30.0 Å². The Morgan fingerprint density at radius 1 is 0.946 bits per heavy atom. The Hall–Kier alpha value is -1.24. The van der Waals surface area contributed by atoms with E-state index >= 15 is 0 Å². The van der Waals surface area contributed by atoms with Crippen LogP contribution in [0.15, 0.2) is 0 Å². The molecule has 0 radical (unpaired) electrons. The average Bonchev–Trinajstić information content (AvgIpc) is 2.77. The van der Waals surface area contributed by atoms with Gasteiger partial charge in [-0.05, 0) is 49.9 Å². The van der Waals surface area contributed by atoms with Crippen LogP contribution < -0.4 is 0 Å². The van der Waals surface area contributed by atoms with Crippen molar-refractivity contribution in [2.45, 2.75) is 85.8 Å². The zero-order chi connectivity index (χ0) is 27.2. The molecule has 13 heteroatoms. The molecular formula is C24H31F5O6S2. The van der Waals surface area contributed by atoms with Gasteiger partial charge in [0.15, 0.2) is 0 Å². The summed E-state index contributed by atoms with van der Waals surface area (Å²) in [6, 6.07) is 0. The molecule has 0 N–H and O–H groups in total. The van der Waals surface area contributed by atoms with Crippen molar-refractivity contribution < 1.29 is 50.5 Å². The lowest BCUT2D eigenvalue weighted by atomic mass is 9.53. The number of carbonyl (C=O) groups is 3. The third-order valence-corrected chi connectivity index (χ3v) is 12.0. The highest BCUT2D eigenvalue weighted by molar-refractivity contribution is 8.19. The van der Waals surface area contributed by atoms with Crippen molar-refractivity contribution in [3.8, 4) is 0 Å². The maximum absolute atomic E-state index is 13.6. The molecule has 6 nitrogen and oxygen atoms in total. The maximum atomic E-state index is 13.6. The van der Waals surface area contributed by atoms with E-state index in [0.717, 1.165) is 12.8 Å². The van der Waals surface area contributed by atoms with Gasteiger partial charge in [0.05, 0.1) is 10.7 Å². The van der Waals surface area contributed by atoms with Gasteiger partial charge < -0.3 is 14.2 Å². The summed E-state index contributed by atoms with van der Waals surface area (Å²) < 4.78 is 80.4. The highest BCUT2D eigenvalue weighted by Gasteiger charge is 2.66. The summed E-state index contributed by atoms with van der Waals surface area (Å²) in [5.41, 5.74) is -0.909. The number of hydrogen-bond donors (Lipinski definition) is 0. The fraction of sp³-hybridized carbons (Fsp3) is 0.875. The SMILES string of the molecule is CCC(=O)OCC1SC2(SCC1COC(=O)CC(F)(F)F)C1CC3CC2CC(OC(=O)C(C)(F)F)(C3)C1. The van der Waals surface area contributed by atoms with E-state index in [9.17, 15) is 36.3 Å². The first-order valence-electron chi connectivity index (χ1n) is 12.5. The van der Waals surface area contributed by atoms with E-state index < -0.39 is 42.0 Å². The lowest BCUT2D eigenvalue weighted by Gasteiger charge is -2.65. The van der Waals surface area contributed by atoms with Crippen LogP contribution in [0.5, 0.6) is 0 Å². The summed E-state index contributed by atoms with van der Waals surface area (Å²) in [6.07, 6.45) is -2.91. The molecule has 210 valence electrons. The molecule has 1 heterocycles. The van der Waals surface area contributed by atoms with Gasteiger partial charge in [0.25, 0.3) is 0 Å². The van der Waals surface area contributed by atoms with Crippen LogP contribution in [0.2, 0.25) is 0 Å². The van der Waals surface area contributed by atoms with Crippen LogP contribution in [0.25, 0.3) is 0 Å². The Bertz CT molecular complexity index is 891. The molecule has 0 aromatic heterocycles. The number of rotatable bonds is 8. The predicted molar refractivity (Wildman–Crippen MR) is 126 cm³/mol. The molecular weight excluding hydrogens is 543 g/mol. The number of carbonyl (C=O) groups excluding carboxylic acids is 3. The van der Waals surface area contributed by atoms with Crippen molar-refractivity contribution in [3.63, 3.8) is 0 Å². The van der Waals surface area contributed by atoms with Crippen molar-refractivity contribution in [2.75, 3.05) is 19.0 Å². The summed E-state index contributed by atoms with van der Waals surface area (Å²) in [5, 5.41) is -0.313. The third-order valence-electron chi connectivity index (χ3n) is 7.82. The Balaban J connectivity index is 1.48. The molecule has 1 aliphatic heterocycles. The van der Waals surface area contributed by atoms with E-state index in [4.69, 9.17) is 14.2 Å². The van der Waals surface area contributed by atoms with Crippen molar-refractivity contribution in [3.05, 3.63) is 0 Å². The molecule has 5 fully saturated rings. The summed E-state index contributed by atoms with van der Waals surface area (Å²) in [6.45, 7) is 2.01. The van der Waals surface area contributed by atoms with Crippen LogP contribution in [0, 0.1) is 23.7 Å². The smallest absolute Gasteiger partial charge is 0.399 e. The van der Waals surface area contributed by atoms with Crippen LogP contribution in [0.1, 0.15) is 58.8 Å². The Morgan fingerprint density at radius 2 is 1.57 bits per heavy atom. The minimum absolute atomic E-state index is 0.0339. The van der Waals surface area contributed by atoms with Crippen LogP contribution in [-0.2, 0) is 28.6 Å². The van der Waals surface area contributed by atoms with E-state index in [1.54, 1.807) is 30.4 Å². The van der Waals surface area contributed by atoms with Gasteiger partial charge in [0, 0.05) is 30.3 Å². The Labute approximate surface area is 220 Å². The van der Waals surface area contributed by atoms with Gasteiger partial charge in [0.2, 0.25) is 0 Å². The first kappa shape index (κ1) is 28.8. The van der Waals surface area contributed by atoms with Crippen molar-refractivity contribution in [2.24, 2.45) is 23.7 Å². The maximum Gasteiger partial charge on any atom is 0.399 e. The van der Waals surface area contributed by atoms with E-state index in [1.807, 2.05) is 0 Å². The van der Waals surface area contributed by atoms with Crippen LogP contribution in [0.3, 0.4) is 0 Å². The first-order chi connectivity index (χ1) is 17.1. The monoisotopic (exact) mass is 574 g/mol. The normalized spacial score (nSPS) is 36.9. The zero-order valence-electron chi connectivity index (χ0n) is 20.6. The van der Waals surface area contributed by atoms with E-state index in [0.29, 0.717) is 31.9 Å². The Kier molecular flexibility index (Phi) is 8.07. The van der Waals surface area contributed by atoms with E-state index in [2.05, 4.69) is 0 Å². The topological polar surface area (TPSA) is 78.9 Å². The Morgan fingerprint density at radius 3 is 2.14 bits per heavy atom. The largest absolute Gasteiger partial charge is 0.465 e. The second-order valence-electron chi connectivity index (χ2n) is 10.8. The van der Waals surface area contributed by atoms with Crippen molar-refractivity contribution in [1.29, 1.82) is 0 Å². The molecule has 37 heavy (non-hydrogen) atoms. The minimum atomic E-state index is -4.66. The summed E-state index contributed by atoms with van der Waals surface area (Å²) in [7, 11) is 0. The van der Waals surface area contributed by atoms with Gasteiger partial charge in [-0.25, -0.2) is 4.79 Å². The molecule has 4 atom stereocenters. The van der Waals surface area contributed by atoms with Crippen LogP contribution in [-0.4, -0.2) is 63.9 Å². The summed E-state index contributed by atoms with van der Waals surface area (Å²) in [4.78, 5) is 35.6. The van der Waals surface area contributed by atoms with Gasteiger partial charge in [0.1, 0.15) is 18.6 Å². The fourth-order valence-electron chi connectivity index (χ4n) is 6.42. The quantitative estimate of drug-likeness (QED) is 0.218. The molecule has 4 aliphatic carbocycles. The molecule has 1 spiro atoms. The first-order valence-corrected chi connectivity index (χ1v) is 14.3. The zero-order valence-corrected chi connectivity index (χ0v) is 22.2. The van der Waals surface area contributed by atoms with Crippen LogP contribution in [0.4, 0.5) is 22.0 Å². The molecule has 1 saturated heterocycles. The molecule has 4 unspecified atom stereocenters. The van der Waals surface area contributed by atoms with Crippen molar-refractivity contribution >= 4 is 41.4 Å². The second kappa shape index (κ2) is 10.4. The molecule has 5 aliphatic rings. The average molecular weight is 575 g/mol. The van der Waals surface area contributed by atoms with Gasteiger partial charge in [-0.3, -0.25) is 9.59 Å². The van der Waals surface area contributed by atoms with Crippen LogP contribution >= 0.6 is 23.5 Å². The number of hydrogen-bond acceptors (Lipinski definition) is 8. The summed E-state index contributed by atoms with van der Waals surface area (Å²) >= 11 is 3.26. The van der Waals surface area contributed by atoms with E-state index in [1.165, 1.54) is 0 Å². The third kappa shape index (κ3) is 6.33. The molecule has 0 aromatic carbocycles. The van der Waals surface area contributed by atoms with E-state index in [-0.39, 0.29) is 52.6 Å². The van der Waals surface area contributed by atoms with Gasteiger partial charge in [-0.15, -0.1) is 23.5 Å². The fourth-order valence-corrected chi connectivity index (χ4v) is 10.7. The summed E-state index contributed by atoms with van der Waals surface area (Å²) in [5.74, 6) is -6.26. The lowest BCUT2D eigenvalue weighted by molar-refractivity contribution is -0.208. The van der Waals surface area contributed by atoms with Gasteiger partial charge in [-0.2, -0.15) is 22.0 Å². The number of halogens is 5. The molecule has 5 rings (SSSR count). The molecule has 0 aromatic rings. The predicted octanol–water partition coefficient (Wildman–Crippen LogP) is 5.37. The molecule has 0 amide bonds. The number of thioether (sulfide) groups is 2.